The summed E-state index contributed by atoms with van der Waals surface area (Å²) in [7, 11) is 3.41. The molecule has 0 unspecified atom stereocenters. The van der Waals surface area contributed by atoms with E-state index >= 15 is 0 Å². The van der Waals surface area contributed by atoms with Crippen molar-refractivity contribution in [2.75, 3.05) is 20.8 Å². The maximum Gasteiger partial charge on any atom is 0.228 e. The number of fused-ring (bicyclic) bond motifs is 1. The molecule has 3 rings (SSSR count). The average Bonchev–Trinajstić information content (AvgIpc) is 3.21. The van der Waals surface area contributed by atoms with Crippen LogP contribution in [0.15, 0.2) is 24.1 Å². The summed E-state index contributed by atoms with van der Waals surface area (Å²) in [5.41, 5.74) is 0.773. The maximum absolute atomic E-state index is 12.4. The monoisotopic (exact) mass is 334 g/mol. The first kappa shape index (κ1) is 15.6. The predicted octanol–water partition coefficient (Wildman–Crippen LogP) is 0.835. The fraction of sp³-hybridized carbons (Fsp3) is 0.429. The van der Waals surface area contributed by atoms with E-state index in [9.17, 15) is 4.79 Å². The van der Waals surface area contributed by atoms with Crippen molar-refractivity contribution in [2.24, 2.45) is 0 Å². The van der Waals surface area contributed by atoms with Gasteiger partial charge in [0, 0.05) is 38.5 Å². The van der Waals surface area contributed by atoms with Crippen LogP contribution in [0.2, 0.25) is 0 Å². The summed E-state index contributed by atoms with van der Waals surface area (Å²) in [6.45, 7) is 1.65. The van der Waals surface area contributed by atoms with Crippen molar-refractivity contribution in [3.05, 3.63) is 35.6 Å². The second-order valence-electron chi connectivity index (χ2n) is 5.19. The minimum Gasteiger partial charge on any atom is -0.383 e. The number of hydrogen-bond acceptors (Lipinski definition) is 6. The highest BCUT2D eigenvalue weighted by atomic mass is 32.1. The molecule has 0 aliphatic heterocycles. The fourth-order valence-corrected chi connectivity index (χ4v) is 2.95. The number of amides is 1. The van der Waals surface area contributed by atoms with Gasteiger partial charge in [0.2, 0.25) is 5.91 Å². The first-order valence-corrected chi connectivity index (χ1v) is 8.06. The number of imidazole rings is 1. The van der Waals surface area contributed by atoms with Gasteiger partial charge in [-0.25, -0.2) is 4.98 Å². The Morgan fingerprint density at radius 1 is 1.48 bits per heavy atom. The SMILES string of the molecule is COCCn1cnnc1CN(C)C(=O)Cc1cn2ccsc2n1. The minimum atomic E-state index is -0.00274. The fourth-order valence-electron chi connectivity index (χ4n) is 2.23. The smallest absolute Gasteiger partial charge is 0.228 e. The summed E-state index contributed by atoms with van der Waals surface area (Å²) >= 11 is 1.55. The van der Waals surface area contributed by atoms with Gasteiger partial charge in [-0.15, -0.1) is 21.5 Å². The molecule has 0 saturated heterocycles. The number of likely N-dealkylation sites (N-methyl/N-ethyl adjacent to an activating group) is 1. The zero-order valence-electron chi connectivity index (χ0n) is 13.0. The zero-order valence-corrected chi connectivity index (χ0v) is 13.9. The predicted molar refractivity (Wildman–Crippen MR) is 85.1 cm³/mol. The lowest BCUT2D eigenvalue weighted by Crippen LogP contribution is -2.29. The summed E-state index contributed by atoms with van der Waals surface area (Å²) in [6.07, 6.45) is 5.74. The van der Waals surface area contributed by atoms with E-state index < -0.39 is 0 Å². The molecule has 1 amide bonds. The van der Waals surface area contributed by atoms with E-state index in [0.717, 1.165) is 16.5 Å². The van der Waals surface area contributed by atoms with Crippen molar-refractivity contribution in [1.29, 1.82) is 0 Å². The van der Waals surface area contributed by atoms with Crippen LogP contribution < -0.4 is 0 Å². The first-order chi connectivity index (χ1) is 11.2. The van der Waals surface area contributed by atoms with Crippen molar-refractivity contribution in [3.8, 4) is 0 Å². The van der Waals surface area contributed by atoms with Crippen LogP contribution in [0.4, 0.5) is 0 Å². The third kappa shape index (κ3) is 3.57. The van der Waals surface area contributed by atoms with Crippen molar-refractivity contribution in [2.45, 2.75) is 19.5 Å². The minimum absolute atomic E-state index is 0.00274. The first-order valence-electron chi connectivity index (χ1n) is 7.18. The van der Waals surface area contributed by atoms with Gasteiger partial charge in [0.15, 0.2) is 10.8 Å². The number of nitrogens with zero attached hydrogens (tertiary/aromatic N) is 6. The van der Waals surface area contributed by atoms with Crippen LogP contribution in [0.3, 0.4) is 0 Å². The standard InChI is InChI=1S/C14H18N6O2S/c1-18(9-12-17-15-10-20(12)3-5-22-2)13(21)7-11-8-19-4-6-23-14(19)16-11/h4,6,8,10H,3,5,7,9H2,1-2H3. The topological polar surface area (TPSA) is 77.5 Å². The molecule has 0 bridgehead atoms. The van der Waals surface area contributed by atoms with Crippen LogP contribution in [0.1, 0.15) is 11.5 Å². The number of thiazole rings is 1. The van der Waals surface area contributed by atoms with Crippen LogP contribution >= 0.6 is 11.3 Å². The summed E-state index contributed by atoms with van der Waals surface area (Å²) < 4.78 is 8.87. The molecule has 0 aromatic carbocycles. The van der Waals surface area contributed by atoms with E-state index in [-0.39, 0.29) is 12.3 Å². The Bertz CT molecular complexity index is 763. The molecule has 0 fully saturated rings. The second-order valence-corrected chi connectivity index (χ2v) is 6.06. The molecule has 0 radical (unpaired) electrons. The molecule has 3 aromatic rings. The lowest BCUT2D eigenvalue weighted by atomic mass is 10.3. The van der Waals surface area contributed by atoms with E-state index in [1.165, 1.54) is 0 Å². The molecule has 0 atom stereocenters. The Morgan fingerprint density at radius 2 is 2.35 bits per heavy atom. The molecule has 8 nitrogen and oxygen atoms in total. The summed E-state index contributed by atoms with van der Waals surface area (Å²) in [5.74, 6) is 0.737. The van der Waals surface area contributed by atoms with Crippen molar-refractivity contribution in [1.82, 2.24) is 29.0 Å². The number of hydrogen-bond donors (Lipinski definition) is 0. The van der Waals surface area contributed by atoms with Crippen LogP contribution in [-0.4, -0.2) is 55.7 Å². The van der Waals surface area contributed by atoms with Gasteiger partial charge in [-0.05, 0) is 0 Å². The Kier molecular flexibility index (Phi) is 4.68. The lowest BCUT2D eigenvalue weighted by molar-refractivity contribution is -0.129. The van der Waals surface area contributed by atoms with Gasteiger partial charge in [-0.1, -0.05) is 0 Å². The molecule has 3 aromatic heterocycles. The number of methoxy groups -OCH3 is 1. The molecule has 23 heavy (non-hydrogen) atoms. The van der Waals surface area contributed by atoms with E-state index in [1.54, 1.807) is 36.7 Å². The number of carbonyl (C=O) groups excluding carboxylic acids is 1. The Balaban J connectivity index is 1.61. The molecule has 9 heteroatoms. The van der Waals surface area contributed by atoms with E-state index in [2.05, 4.69) is 15.2 Å². The Labute approximate surface area is 137 Å². The highest BCUT2D eigenvalue weighted by Crippen LogP contribution is 2.12. The quantitative estimate of drug-likeness (QED) is 0.640. The number of ether oxygens (including phenoxy) is 1. The van der Waals surface area contributed by atoms with Crippen LogP contribution in [-0.2, 0) is 29.0 Å². The molecule has 122 valence electrons. The summed E-state index contributed by atoms with van der Waals surface area (Å²) in [4.78, 5) is 19.3. The summed E-state index contributed by atoms with van der Waals surface area (Å²) in [5, 5.41) is 9.93. The van der Waals surface area contributed by atoms with Crippen LogP contribution in [0.25, 0.3) is 4.96 Å². The van der Waals surface area contributed by atoms with Gasteiger partial charge < -0.3 is 14.2 Å². The average molecular weight is 334 g/mol. The van der Waals surface area contributed by atoms with E-state index in [1.807, 2.05) is 26.7 Å². The van der Waals surface area contributed by atoms with Gasteiger partial charge in [0.1, 0.15) is 6.33 Å². The Morgan fingerprint density at radius 3 is 3.13 bits per heavy atom. The highest BCUT2D eigenvalue weighted by molar-refractivity contribution is 7.15. The zero-order chi connectivity index (χ0) is 16.2. The van der Waals surface area contributed by atoms with Crippen molar-refractivity contribution in [3.63, 3.8) is 0 Å². The van der Waals surface area contributed by atoms with Gasteiger partial charge in [-0.2, -0.15) is 0 Å². The van der Waals surface area contributed by atoms with Crippen molar-refractivity contribution < 1.29 is 9.53 Å². The highest BCUT2D eigenvalue weighted by Gasteiger charge is 2.15. The molecule has 0 aliphatic carbocycles. The maximum atomic E-state index is 12.4. The van der Waals surface area contributed by atoms with E-state index in [0.29, 0.717) is 19.7 Å². The van der Waals surface area contributed by atoms with Crippen molar-refractivity contribution >= 4 is 22.2 Å². The second kappa shape index (κ2) is 6.88. The van der Waals surface area contributed by atoms with E-state index in [4.69, 9.17) is 4.74 Å². The van der Waals surface area contributed by atoms with Crippen LogP contribution in [0.5, 0.6) is 0 Å². The molecule has 0 aliphatic rings. The summed E-state index contributed by atoms with van der Waals surface area (Å²) in [6, 6.07) is 0. The van der Waals surface area contributed by atoms with Gasteiger partial charge in [-0.3, -0.25) is 9.20 Å². The molecular formula is C14H18N6O2S. The molecule has 0 spiro atoms. The van der Waals surface area contributed by atoms with Gasteiger partial charge in [0.05, 0.1) is 25.3 Å². The molecule has 0 saturated carbocycles. The molecular weight excluding hydrogens is 316 g/mol. The Hall–Kier alpha value is -2.26. The van der Waals surface area contributed by atoms with Gasteiger partial charge in [0.25, 0.3) is 0 Å². The van der Waals surface area contributed by atoms with Gasteiger partial charge >= 0.3 is 0 Å². The molecule has 0 N–H and O–H groups in total. The normalized spacial score (nSPS) is 11.2. The third-order valence-electron chi connectivity index (χ3n) is 3.51. The van der Waals surface area contributed by atoms with Crippen LogP contribution in [0, 0.1) is 0 Å². The largest absolute Gasteiger partial charge is 0.383 e. The number of carbonyl (C=O) groups is 1. The number of aromatic nitrogens is 5. The lowest BCUT2D eigenvalue weighted by Gasteiger charge is -2.16. The molecule has 3 heterocycles. The third-order valence-corrected chi connectivity index (χ3v) is 4.28. The number of rotatable bonds is 7.